The van der Waals surface area contributed by atoms with E-state index in [0.717, 1.165) is 35.8 Å². The summed E-state index contributed by atoms with van der Waals surface area (Å²) in [6.07, 6.45) is 5.46. The van der Waals surface area contributed by atoms with Crippen LogP contribution in [-0.4, -0.2) is 29.0 Å². The minimum absolute atomic E-state index is 0.0872. The van der Waals surface area contributed by atoms with Gasteiger partial charge in [0.15, 0.2) is 0 Å². The largest absolute Gasteiger partial charge is 0.369 e. The van der Waals surface area contributed by atoms with Gasteiger partial charge in [-0.2, -0.15) is 0 Å². The molecule has 3 heterocycles. The summed E-state index contributed by atoms with van der Waals surface area (Å²) >= 11 is 1.65. The van der Waals surface area contributed by atoms with Crippen LogP contribution >= 0.6 is 11.3 Å². The van der Waals surface area contributed by atoms with Crippen LogP contribution in [0.25, 0.3) is 0 Å². The molecule has 2 aromatic rings. The van der Waals surface area contributed by atoms with Gasteiger partial charge >= 0.3 is 0 Å². The number of hydrogen-bond acceptors (Lipinski definition) is 6. The first-order valence-corrected chi connectivity index (χ1v) is 9.14. The summed E-state index contributed by atoms with van der Waals surface area (Å²) < 4.78 is 0. The zero-order valence-electron chi connectivity index (χ0n) is 13.8. The highest BCUT2D eigenvalue weighted by Crippen LogP contribution is 2.25. The Bertz CT molecular complexity index is 675. The van der Waals surface area contributed by atoms with Crippen LogP contribution in [0.5, 0.6) is 0 Å². The molecule has 0 radical (unpaired) electrons. The highest BCUT2D eigenvalue weighted by atomic mass is 32.1. The molecule has 1 aliphatic heterocycles. The molecule has 0 bridgehead atoms. The number of nitrogens with two attached hydrogens (primary N) is 1. The van der Waals surface area contributed by atoms with Crippen LogP contribution in [0, 0.1) is 5.92 Å². The summed E-state index contributed by atoms with van der Waals surface area (Å²) in [6, 6.07) is 4.22. The third-order valence-corrected chi connectivity index (χ3v) is 5.37. The monoisotopic (exact) mass is 345 g/mol. The summed E-state index contributed by atoms with van der Waals surface area (Å²) in [5, 5.41) is 6.57. The zero-order chi connectivity index (χ0) is 16.9. The second-order valence-corrected chi connectivity index (χ2v) is 7.07. The molecule has 3 rings (SSSR count). The number of primary amides is 1. The quantitative estimate of drug-likeness (QED) is 0.837. The number of amides is 1. The smallest absolute Gasteiger partial charge is 0.222 e. The van der Waals surface area contributed by atoms with Crippen molar-refractivity contribution in [1.82, 2.24) is 15.3 Å². The molecule has 6 nitrogen and oxygen atoms in total. The molecule has 24 heavy (non-hydrogen) atoms. The van der Waals surface area contributed by atoms with E-state index in [2.05, 4.69) is 33.2 Å². The number of aromatic nitrogens is 2. The Morgan fingerprint density at radius 3 is 3.12 bits per heavy atom. The predicted molar refractivity (Wildman–Crippen MR) is 95.7 cm³/mol. The maximum Gasteiger partial charge on any atom is 0.222 e. The molecule has 128 valence electrons. The number of carbonyl (C=O) groups is 1. The van der Waals surface area contributed by atoms with Crippen molar-refractivity contribution in [2.45, 2.75) is 32.4 Å². The summed E-state index contributed by atoms with van der Waals surface area (Å²) in [6.45, 7) is 4.39. The Morgan fingerprint density at radius 1 is 1.50 bits per heavy atom. The van der Waals surface area contributed by atoms with E-state index >= 15 is 0 Å². The van der Waals surface area contributed by atoms with Crippen molar-refractivity contribution in [3.63, 3.8) is 0 Å². The van der Waals surface area contributed by atoms with Crippen molar-refractivity contribution in [2.75, 3.05) is 18.0 Å². The lowest BCUT2D eigenvalue weighted by molar-refractivity contribution is -0.122. The van der Waals surface area contributed by atoms with Crippen LogP contribution < -0.4 is 16.0 Å². The van der Waals surface area contributed by atoms with Crippen molar-refractivity contribution in [3.8, 4) is 0 Å². The molecule has 1 fully saturated rings. The van der Waals surface area contributed by atoms with E-state index in [9.17, 15) is 4.79 Å². The molecule has 1 saturated heterocycles. The Morgan fingerprint density at radius 2 is 2.38 bits per heavy atom. The van der Waals surface area contributed by atoms with Gasteiger partial charge in [0, 0.05) is 43.0 Å². The first kappa shape index (κ1) is 16.9. The molecule has 0 saturated carbocycles. The number of rotatable bonds is 6. The minimum atomic E-state index is -0.215. The summed E-state index contributed by atoms with van der Waals surface area (Å²) in [5.74, 6) is 0.644. The van der Waals surface area contributed by atoms with Gasteiger partial charge in [-0.1, -0.05) is 6.07 Å². The zero-order valence-corrected chi connectivity index (χ0v) is 14.6. The van der Waals surface area contributed by atoms with Crippen molar-refractivity contribution >= 4 is 23.1 Å². The maximum absolute atomic E-state index is 11.5. The van der Waals surface area contributed by atoms with Gasteiger partial charge in [-0.25, -0.2) is 9.97 Å². The number of nitrogens with zero attached hydrogens (tertiary/aromatic N) is 3. The lowest BCUT2D eigenvalue weighted by Crippen LogP contribution is -2.42. The fourth-order valence-corrected chi connectivity index (χ4v) is 3.72. The fraction of sp³-hybridized carbons (Fsp3) is 0.471. The molecule has 2 atom stereocenters. The number of piperidine rings is 1. The predicted octanol–water partition coefficient (Wildman–Crippen LogP) is 2.09. The minimum Gasteiger partial charge on any atom is -0.369 e. The summed E-state index contributed by atoms with van der Waals surface area (Å²) in [5.41, 5.74) is 6.62. The molecule has 3 N–H and O–H groups in total. The van der Waals surface area contributed by atoms with Crippen molar-refractivity contribution in [3.05, 3.63) is 40.5 Å². The standard InChI is InChI=1S/C17H23N5OS/c1-12(17-20-7-9-24-17)21-10-13-4-2-6-19-16(13)22-8-3-5-14(11-22)15(18)23/h2,4,6-7,9,12,14,21H,3,5,8,10-11H2,1H3,(H2,18,23)/t12-,14-/m1/s1. The van der Waals surface area contributed by atoms with Crippen molar-refractivity contribution in [1.29, 1.82) is 0 Å². The second kappa shape index (κ2) is 7.72. The molecule has 0 aromatic carbocycles. The fourth-order valence-electron chi connectivity index (χ4n) is 3.05. The van der Waals surface area contributed by atoms with Gasteiger partial charge in [-0.05, 0) is 25.8 Å². The third kappa shape index (κ3) is 3.91. The Balaban J connectivity index is 1.69. The number of carbonyl (C=O) groups excluding carboxylic acids is 1. The average molecular weight is 345 g/mol. The highest BCUT2D eigenvalue weighted by molar-refractivity contribution is 7.09. The SMILES string of the molecule is C[C@@H](NCc1cccnc1N1CCC[C@@H](C(N)=O)C1)c1nccs1. The van der Waals surface area contributed by atoms with Crippen LogP contribution in [0.2, 0.25) is 0 Å². The lowest BCUT2D eigenvalue weighted by atomic mass is 9.97. The van der Waals surface area contributed by atoms with E-state index in [1.807, 2.05) is 17.6 Å². The van der Waals surface area contributed by atoms with Gasteiger partial charge in [0.1, 0.15) is 10.8 Å². The van der Waals surface area contributed by atoms with E-state index in [1.165, 1.54) is 0 Å². The molecule has 0 aliphatic carbocycles. The Labute approximate surface area is 146 Å². The molecule has 2 aromatic heterocycles. The lowest BCUT2D eigenvalue weighted by Gasteiger charge is -2.33. The van der Waals surface area contributed by atoms with Crippen LogP contribution in [0.3, 0.4) is 0 Å². The number of pyridine rings is 1. The Kier molecular flexibility index (Phi) is 5.42. The van der Waals surface area contributed by atoms with Crippen LogP contribution in [0.4, 0.5) is 5.82 Å². The van der Waals surface area contributed by atoms with Crippen molar-refractivity contribution < 1.29 is 4.79 Å². The van der Waals surface area contributed by atoms with E-state index in [0.29, 0.717) is 13.1 Å². The average Bonchev–Trinajstić information content (AvgIpc) is 3.15. The topological polar surface area (TPSA) is 84.1 Å². The summed E-state index contributed by atoms with van der Waals surface area (Å²) in [7, 11) is 0. The molecule has 0 unspecified atom stereocenters. The molecule has 1 amide bonds. The first-order valence-electron chi connectivity index (χ1n) is 8.26. The van der Waals surface area contributed by atoms with Gasteiger partial charge in [-0.3, -0.25) is 4.79 Å². The van der Waals surface area contributed by atoms with Gasteiger partial charge in [0.2, 0.25) is 5.91 Å². The molecule has 0 spiro atoms. The van der Waals surface area contributed by atoms with Gasteiger partial charge in [-0.15, -0.1) is 11.3 Å². The molecule has 7 heteroatoms. The third-order valence-electron chi connectivity index (χ3n) is 4.41. The molecule has 1 aliphatic rings. The molecular formula is C17H23N5OS. The van der Waals surface area contributed by atoms with Gasteiger partial charge in [0.05, 0.1) is 12.0 Å². The van der Waals surface area contributed by atoms with Crippen molar-refractivity contribution in [2.24, 2.45) is 11.7 Å². The highest BCUT2D eigenvalue weighted by Gasteiger charge is 2.26. The normalized spacial score (nSPS) is 19.2. The van der Waals surface area contributed by atoms with Gasteiger partial charge in [0.25, 0.3) is 0 Å². The number of thiazole rings is 1. The second-order valence-electron chi connectivity index (χ2n) is 6.15. The molecular weight excluding hydrogens is 322 g/mol. The number of hydrogen-bond donors (Lipinski definition) is 2. The first-order chi connectivity index (χ1) is 11.6. The van der Waals surface area contributed by atoms with Crippen LogP contribution in [-0.2, 0) is 11.3 Å². The Hall–Kier alpha value is -1.99. The van der Waals surface area contributed by atoms with E-state index in [1.54, 1.807) is 17.5 Å². The van der Waals surface area contributed by atoms with Crippen LogP contribution in [0.15, 0.2) is 29.9 Å². The maximum atomic E-state index is 11.5. The van der Waals surface area contributed by atoms with Crippen LogP contribution in [0.1, 0.15) is 36.4 Å². The summed E-state index contributed by atoms with van der Waals surface area (Å²) in [4.78, 5) is 22.6. The van der Waals surface area contributed by atoms with E-state index in [-0.39, 0.29) is 17.9 Å². The van der Waals surface area contributed by atoms with Gasteiger partial charge < -0.3 is 16.0 Å². The van der Waals surface area contributed by atoms with E-state index < -0.39 is 0 Å². The number of anilines is 1. The number of nitrogens with one attached hydrogen (secondary N) is 1. The van der Waals surface area contributed by atoms with E-state index in [4.69, 9.17) is 5.73 Å².